The van der Waals surface area contributed by atoms with Crippen molar-refractivity contribution in [1.29, 1.82) is 0 Å². The van der Waals surface area contributed by atoms with Gasteiger partial charge in [0.1, 0.15) is 11.5 Å². The number of aryl methyl sites for hydroxylation is 1. The molecule has 0 aromatic heterocycles. The third kappa shape index (κ3) is 2.98. The van der Waals surface area contributed by atoms with Gasteiger partial charge in [-0.1, -0.05) is 35.0 Å². The number of ether oxygens (including phenoxy) is 1. The number of hydrogen-bond donors (Lipinski definition) is 2. The van der Waals surface area contributed by atoms with Gasteiger partial charge in [-0.2, -0.15) is 0 Å². The van der Waals surface area contributed by atoms with Gasteiger partial charge in [0.05, 0.1) is 5.56 Å². The van der Waals surface area contributed by atoms with Crippen molar-refractivity contribution >= 4 is 17.4 Å². The van der Waals surface area contributed by atoms with Crippen LogP contribution in [-0.4, -0.2) is 11.0 Å². The second kappa shape index (κ2) is 5.63. The highest BCUT2D eigenvalue weighted by Crippen LogP contribution is 2.30. The van der Waals surface area contributed by atoms with Crippen molar-refractivity contribution in [1.82, 2.24) is 0 Å². The number of rotatable bonds is 3. The van der Waals surface area contributed by atoms with Gasteiger partial charge in [0, 0.05) is 5.02 Å². The Bertz CT molecular complexity index is 627. The summed E-state index contributed by atoms with van der Waals surface area (Å²) in [6, 6.07) is 12.5. The van der Waals surface area contributed by atoms with Crippen molar-refractivity contribution in [3.8, 4) is 11.5 Å². The second-order valence-corrected chi connectivity index (χ2v) is 4.43. The van der Waals surface area contributed by atoms with Crippen LogP contribution in [-0.2, 0) is 0 Å². The molecule has 0 aliphatic rings. The molecule has 0 unspecified atom stereocenters. The van der Waals surface area contributed by atoms with Gasteiger partial charge in [0.15, 0.2) is 5.84 Å². The first-order valence-electron chi connectivity index (χ1n) is 5.62. The molecule has 0 amide bonds. The Morgan fingerprint density at radius 3 is 2.68 bits per heavy atom. The molecule has 98 valence electrons. The standard InChI is InChI=1S/C14H13ClN2O2/c1-9-4-2-7-12(14(16)17-18)13(9)19-11-6-3-5-10(15)8-11/h2-8,18H,1H3,(H2,16,17). The molecule has 0 fully saturated rings. The summed E-state index contributed by atoms with van der Waals surface area (Å²) < 4.78 is 5.79. The molecule has 2 aromatic carbocycles. The van der Waals surface area contributed by atoms with Crippen LogP contribution in [0.1, 0.15) is 11.1 Å². The first kappa shape index (κ1) is 13.2. The number of amidine groups is 1. The van der Waals surface area contributed by atoms with Crippen LogP contribution in [0.25, 0.3) is 0 Å². The van der Waals surface area contributed by atoms with E-state index in [4.69, 9.17) is 27.3 Å². The van der Waals surface area contributed by atoms with Gasteiger partial charge < -0.3 is 15.7 Å². The summed E-state index contributed by atoms with van der Waals surface area (Å²) in [6.45, 7) is 1.88. The number of para-hydroxylation sites is 1. The van der Waals surface area contributed by atoms with E-state index < -0.39 is 0 Å². The van der Waals surface area contributed by atoms with Crippen LogP contribution < -0.4 is 10.5 Å². The SMILES string of the molecule is Cc1cccc(/C(N)=N/O)c1Oc1cccc(Cl)c1. The molecule has 19 heavy (non-hydrogen) atoms. The molecule has 3 N–H and O–H groups in total. The third-order valence-electron chi connectivity index (χ3n) is 2.61. The van der Waals surface area contributed by atoms with E-state index in [9.17, 15) is 0 Å². The lowest BCUT2D eigenvalue weighted by Gasteiger charge is -2.13. The fourth-order valence-corrected chi connectivity index (χ4v) is 1.87. The zero-order chi connectivity index (χ0) is 13.8. The lowest BCUT2D eigenvalue weighted by Crippen LogP contribution is -2.14. The first-order valence-corrected chi connectivity index (χ1v) is 6.00. The lowest BCUT2D eigenvalue weighted by atomic mass is 10.1. The molecule has 0 saturated carbocycles. The summed E-state index contributed by atoms with van der Waals surface area (Å²) in [6.07, 6.45) is 0. The Labute approximate surface area is 116 Å². The van der Waals surface area contributed by atoms with Crippen LogP contribution >= 0.6 is 11.6 Å². The predicted molar refractivity (Wildman–Crippen MR) is 75.2 cm³/mol. The van der Waals surface area contributed by atoms with Crippen molar-refractivity contribution < 1.29 is 9.94 Å². The number of halogens is 1. The average molecular weight is 277 g/mol. The smallest absolute Gasteiger partial charge is 0.173 e. The molecule has 0 atom stereocenters. The minimum absolute atomic E-state index is 0.000674. The Morgan fingerprint density at radius 1 is 1.26 bits per heavy atom. The molecule has 2 aromatic rings. The van der Waals surface area contributed by atoms with Crippen LogP contribution in [0.2, 0.25) is 5.02 Å². The van der Waals surface area contributed by atoms with Gasteiger partial charge in [-0.15, -0.1) is 0 Å². The molecule has 0 heterocycles. The number of hydrogen-bond acceptors (Lipinski definition) is 3. The lowest BCUT2D eigenvalue weighted by molar-refractivity contribution is 0.318. The number of benzene rings is 2. The Kier molecular flexibility index (Phi) is 3.92. The maximum atomic E-state index is 8.80. The van der Waals surface area contributed by atoms with Crippen molar-refractivity contribution in [2.75, 3.05) is 0 Å². The molecule has 5 heteroatoms. The maximum absolute atomic E-state index is 8.80. The van der Waals surface area contributed by atoms with E-state index >= 15 is 0 Å². The van der Waals surface area contributed by atoms with Gasteiger partial charge in [0.25, 0.3) is 0 Å². The van der Waals surface area contributed by atoms with Gasteiger partial charge in [-0.05, 0) is 36.8 Å². The maximum Gasteiger partial charge on any atom is 0.173 e. The van der Waals surface area contributed by atoms with E-state index in [0.717, 1.165) is 5.56 Å². The van der Waals surface area contributed by atoms with Gasteiger partial charge in [-0.3, -0.25) is 0 Å². The molecule has 0 aliphatic carbocycles. The Balaban J connectivity index is 2.44. The Hall–Kier alpha value is -2.20. The minimum atomic E-state index is 0.000674. The summed E-state index contributed by atoms with van der Waals surface area (Å²) in [5.74, 6) is 1.13. The highest BCUT2D eigenvalue weighted by molar-refractivity contribution is 6.30. The molecular formula is C14H13ClN2O2. The predicted octanol–water partition coefficient (Wildman–Crippen LogP) is 3.54. The molecule has 0 spiro atoms. The van der Waals surface area contributed by atoms with Gasteiger partial charge in [-0.25, -0.2) is 0 Å². The van der Waals surface area contributed by atoms with E-state index in [2.05, 4.69) is 5.16 Å². The fourth-order valence-electron chi connectivity index (χ4n) is 1.69. The Morgan fingerprint density at radius 2 is 2.00 bits per heavy atom. The van der Waals surface area contributed by atoms with Crippen LogP contribution in [0.5, 0.6) is 11.5 Å². The monoisotopic (exact) mass is 276 g/mol. The number of nitrogens with two attached hydrogens (primary N) is 1. The van der Waals surface area contributed by atoms with Crippen LogP contribution in [0, 0.1) is 6.92 Å². The zero-order valence-electron chi connectivity index (χ0n) is 10.3. The fraction of sp³-hybridized carbons (Fsp3) is 0.0714. The third-order valence-corrected chi connectivity index (χ3v) is 2.85. The van der Waals surface area contributed by atoms with Gasteiger partial charge >= 0.3 is 0 Å². The molecule has 4 nitrogen and oxygen atoms in total. The van der Waals surface area contributed by atoms with Gasteiger partial charge in [0.2, 0.25) is 0 Å². The van der Waals surface area contributed by atoms with E-state index in [1.165, 1.54) is 0 Å². The van der Waals surface area contributed by atoms with Crippen LogP contribution in [0.4, 0.5) is 0 Å². The first-order chi connectivity index (χ1) is 9.11. The van der Waals surface area contributed by atoms with Crippen LogP contribution in [0.3, 0.4) is 0 Å². The summed E-state index contributed by atoms with van der Waals surface area (Å²) in [5, 5.41) is 12.4. The quantitative estimate of drug-likeness (QED) is 0.390. The highest BCUT2D eigenvalue weighted by atomic mass is 35.5. The van der Waals surface area contributed by atoms with Crippen molar-refractivity contribution in [2.24, 2.45) is 10.9 Å². The largest absolute Gasteiger partial charge is 0.456 e. The minimum Gasteiger partial charge on any atom is -0.456 e. The average Bonchev–Trinajstić information content (AvgIpc) is 2.40. The molecule has 0 saturated heterocycles. The topological polar surface area (TPSA) is 67.8 Å². The molecule has 0 aliphatic heterocycles. The number of nitrogens with zero attached hydrogens (tertiary/aromatic N) is 1. The van der Waals surface area contributed by atoms with Crippen molar-refractivity contribution in [3.05, 3.63) is 58.6 Å². The molecule has 0 radical (unpaired) electrons. The normalized spacial score (nSPS) is 11.4. The van der Waals surface area contributed by atoms with Crippen molar-refractivity contribution in [2.45, 2.75) is 6.92 Å². The zero-order valence-corrected chi connectivity index (χ0v) is 11.1. The molecule has 2 rings (SSSR count). The molecular weight excluding hydrogens is 264 g/mol. The summed E-state index contributed by atoms with van der Waals surface area (Å²) >= 11 is 5.91. The number of oxime groups is 1. The second-order valence-electron chi connectivity index (χ2n) is 4.00. The van der Waals surface area contributed by atoms with E-state index in [1.807, 2.05) is 19.1 Å². The van der Waals surface area contributed by atoms with Crippen molar-refractivity contribution in [3.63, 3.8) is 0 Å². The summed E-state index contributed by atoms with van der Waals surface area (Å²) in [7, 11) is 0. The molecule has 0 bridgehead atoms. The highest BCUT2D eigenvalue weighted by Gasteiger charge is 2.12. The summed E-state index contributed by atoms with van der Waals surface area (Å²) in [5.41, 5.74) is 7.05. The van der Waals surface area contributed by atoms with E-state index in [1.54, 1.807) is 30.3 Å². The van der Waals surface area contributed by atoms with Crippen LogP contribution in [0.15, 0.2) is 47.6 Å². The summed E-state index contributed by atoms with van der Waals surface area (Å²) in [4.78, 5) is 0. The van der Waals surface area contributed by atoms with E-state index in [-0.39, 0.29) is 5.84 Å². The van der Waals surface area contributed by atoms with E-state index in [0.29, 0.717) is 22.1 Å².